The molecule has 0 N–H and O–H groups in total. The highest BCUT2D eigenvalue weighted by atomic mass is 17.2. The van der Waals surface area contributed by atoms with E-state index in [4.69, 9.17) is 19.2 Å². The minimum Gasteiger partial charge on any atom is -0.493 e. The molecule has 16 heavy (non-hydrogen) atoms. The largest absolute Gasteiger partial charge is 0.493 e. The maximum absolute atomic E-state index is 5.13. The fourth-order valence-corrected chi connectivity index (χ4v) is 1.20. The molecule has 90 valence electrons. The van der Waals surface area contributed by atoms with Gasteiger partial charge in [-0.3, -0.25) is 0 Å². The van der Waals surface area contributed by atoms with Gasteiger partial charge in [0.1, 0.15) is 0 Å². The number of ether oxygens (including phenoxy) is 2. The third-order valence-electron chi connectivity index (χ3n) is 1.80. The predicted octanol–water partition coefficient (Wildman–Crippen LogP) is 1.58. The smallest absolute Gasteiger partial charge is 0.252 e. The van der Waals surface area contributed by atoms with E-state index in [-0.39, 0.29) is 5.75 Å². The third-order valence-corrected chi connectivity index (χ3v) is 1.80. The maximum Gasteiger partial charge on any atom is 0.252 e. The lowest BCUT2D eigenvalue weighted by Gasteiger charge is -2.14. The highest BCUT2D eigenvalue weighted by Crippen LogP contribution is 2.44. The van der Waals surface area contributed by atoms with Crippen molar-refractivity contribution in [3.05, 3.63) is 12.1 Å². The molecule has 0 atom stereocenters. The van der Waals surface area contributed by atoms with Crippen LogP contribution in [0.2, 0.25) is 0 Å². The van der Waals surface area contributed by atoms with Gasteiger partial charge in [0, 0.05) is 0 Å². The summed E-state index contributed by atoms with van der Waals surface area (Å²) in [6.07, 6.45) is 0. The Kier molecular flexibility index (Phi) is 4.68. The molecule has 0 saturated heterocycles. The summed E-state index contributed by atoms with van der Waals surface area (Å²) < 4.78 is 10.2. The quantitative estimate of drug-likeness (QED) is 0.546. The molecule has 6 nitrogen and oxygen atoms in total. The van der Waals surface area contributed by atoms with Crippen LogP contribution in [0.15, 0.2) is 12.1 Å². The molecule has 0 radical (unpaired) electrons. The van der Waals surface area contributed by atoms with Crippen molar-refractivity contribution in [1.82, 2.24) is 0 Å². The van der Waals surface area contributed by atoms with Gasteiger partial charge in [-0.2, -0.15) is 9.78 Å². The van der Waals surface area contributed by atoms with Gasteiger partial charge in [0.25, 0.3) is 5.75 Å². The number of hydrogen-bond donors (Lipinski definition) is 0. The van der Waals surface area contributed by atoms with Crippen LogP contribution >= 0.6 is 0 Å². The second-order valence-electron chi connectivity index (χ2n) is 2.63. The Morgan fingerprint density at radius 2 is 1.31 bits per heavy atom. The molecule has 0 aliphatic rings. The van der Waals surface area contributed by atoms with Crippen molar-refractivity contribution in [2.24, 2.45) is 0 Å². The summed E-state index contributed by atoms with van der Waals surface area (Å²) >= 11 is 0. The number of hydrogen-bond acceptors (Lipinski definition) is 6. The Morgan fingerprint density at radius 3 is 1.81 bits per heavy atom. The summed E-state index contributed by atoms with van der Waals surface area (Å²) in [6.45, 7) is 0. The van der Waals surface area contributed by atoms with E-state index >= 15 is 0 Å². The van der Waals surface area contributed by atoms with E-state index in [2.05, 4.69) is 9.78 Å². The lowest BCUT2D eigenvalue weighted by Crippen LogP contribution is -2.01. The average molecular weight is 230 g/mol. The first-order chi connectivity index (χ1) is 7.78. The van der Waals surface area contributed by atoms with E-state index in [1.165, 1.54) is 28.4 Å². The second kappa shape index (κ2) is 6.04. The molecule has 0 amide bonds. The van der Waals surface area contributed by atoms with E-state index < -0.39 is 0 Å². The van der Waals surface area contributed by atoms with Crippen molar-refractivity contribution in [2.75, 3.05) is 28.4 Å². The van der Waals surface area contributed by atoms with Crippen molar-refractivity contribution in [3.8, 4) is 23.0 Å². The first-order valence-electron chi connectivity index (χ1n) is 4.44. The molecule has 0 aromatic heterocycles. The molecule has 0 fully saturated rings. The first kappa shape index (κ1) is 12.4. The number of rotatable bonds is 6. The van der Waals surface area contributed by atoms with Gasteiger partial charge in [0.2, 0.25) is 11.5 Å². The van der Waals surface area contributed by atoms with Gasteiger partial charge in [-0.15, -0.1) is 0 Å². The number of benzene rings is 1. The van der Waals surface area contributed by atoms with Crippen molar-refractivity contribution in [2.45, 2.75) is 0 Å². The minimum atomic E-state index is 0.280. The van der Waals surface area contributed by atoms with Crippen LogP contribution in [-0.4, -0.2) is 28.4 Å². The lowest BCUT2D eigenvalue weighted by atomic mass is 10.2. The van der Waals surface area contributed by atoms with Gasteiger partial charge in [-0.25, -0.2) is 0 Å². The molecule has 1 aromatic rings. The average Bonchev–Trinajstić information content (AvgIpc) is 2.30. The van der Waals surface area contributed by atoms with Crippen LogP contribution in [0.5, 0.6) is 23.0 Å². The van der Waals surface area contributed by atoms with Crippen LogP contribution in [0, 0.1) is 0 Å². The zero-order chi connectivity index (χ0) is 12.0. The Morgan fingerprint density at radius 1 is 0.688 bits per heavy atom. The van der Waals surface area contributed by atoms with E-state index in [1.807, 2.05) is 0 Å². The Hall–Kier alpha value is -1.66. The van der Waals surface area contributed by atoms with Gasteiger partial charge in [0.15, 0.2) is 5.75 Å². The lowest BCUT2D eigenvalue weighted by molar-refractivity contribution is -0.187. The van der Waals surface area contributed by atoms with Crippen molar-refractivity contribution in [1.29, 1.82) is 0 Å². The van der Waals surface area contributed by atoms with Crippen LogP contribution in [0.1, 0.15) is 0 Å². The van der Waals surface area contributed by atoms with Crippen LogP contribution in [0.3, 0.4) is 0 Å². The zero-order valence-corrected chi connectivity index (χ0v) is 9.60. The summed E-state index contributed by atoms with van der Waals surface area (Å²) in [5, 5.41) is 0. The number of methoxy groups -OCH3 is 2. The van der Waals surface area contributed by atoms with Crippen molar-refractivity contribution >= 4 is 0 Å². The monoisotopic (exact) mass is 230 g/mol. The van der Waals surface area contributed by atoms with Crippen LogP contribution < -0.4 is 19.2 Å². The van der Waals surface area contributed by atoms with Crippen LogP contribution in [-0.2, 0) is 9.78 Å². The first-order valence-corrected chi connectivity index (χ1v) is 4.44. The van der Waals surface area contributed by atoms with Gasteiger partial charge in [0.05, 0.1) is 28.4 Å². The van der Waals surface area contributed by atoms with Gasteiger partial charge in [-0.1, -0.05) is 0 Å². The second-order valence-corrected chi connectivity index (χ2v) is 2.63. The fourth-order valence-electron chi connectivity index (χ4n) is 1.20. The molecule has 0 spiro atoms. The molecule has 6 heteroatoms. The fraction of sp³-hybridized carbons (Fsp3) is 0.400. The Balaban J connectivity index is 3.19. The van der Waals surface area contributed by atoms with Crippen LogP contribution in [0.25, 0.3) is 0 Å². The summed E-state index contributed by atoms with van der Waals surface area (Å²) in [4.78, 5) is 19.0. The van der Waals surface area contributed by atoms with Crippen molar-refractivity contribution in [3.63, 3.8) is 0 Å². The van der Waals surface area contributed by atoms with Crippen molar-refractivity contribution < 1.29 is 29.0 Å². The topological polar surface area (TPSA) is 55.4 Å². The summed E-state index contributed by atoms with van der Waals surface area (Å²) in [5.74, 6) is 1.42. The molecular formula is C10H14O6. The Bertz CT molecular complexity index is 338. The standard InChI is InChI=1S/C10H14O6/c1-11-7-5-6-8(15-13-3)9(12-2)10(7)16-14-4/h5-6H,1-4H3. The van der Waals surface area contributed by atoms with E-state index in [1.54, 1.807) is 12.1 Å². The Labute approximate surface area is 93.4 Å². The molecule has 0 aliphatic carbocycles. The normalized spacial score (nSPS) is 9.75. The minimum absolute atomic E-state index is 0.280. The van der Waals surface area contributed by atoms with E-state index in [0.717, 1.165) is 0 Å². The van der Waals surface area contributed by atoms with Crippen LogP contribution in [0.4, 0.5) is 0 Å². The van der Waals surface area contributed by atoms with Gasteiger partial charge in [-0.05, 0) is 12.1 Å². The highest BCUT2D eigenvalue weighted by molar-refractivity contribution is 5.58. The van der Waals surface area contributed by atoms with Gasteiger partial charge >= 0.3 is 0 Å². The summed E-state index contributed by atoms with van der Waals surface area (Å²) in [6, 6.07) is 3.27. The highest BCUT2D eigenvalue weighted by Gasteiger charge is 2.19. The molecule has 0 heterocycles. The third kappa shape index (κ3) is 2.47. The predicted molar refractivity (Wildman–Crippen MR) is 54.8 cm³/mol. The maximum atomic E-state index is 5.13. The van der Waals surface area contributed by atoms with E-state index in [9.17, 15) is 0 Å². The molecule has 1 aromatic carbocycles. The van der Waals surface area contributed by atoms with Gasteiger partial charge < -0.3 is 19.2 Å². The SMILES string of the molecule is COOc1ccc(OC)c(OOC)c1OC. The molecule has 0 unspecified atom stereocenters. The molecular weight excluding hydrogens is 216 g/mol. The molecule has 0 saturated carbocycles. The van der Waals surface area contributed by atoms with E-state index in [0.29, 0.717) is 17.2 Å². The molecule has 0 bridgehead atoms. The molecule has 1 rings (SSSR count). The summed E-state index contributed by atoms with van der Waals surface area (Å²) in [5.41, 5.74) is 0. The molecule has 0 aliphatic heterocycles. The summed E-state index contributed by atoms with van der Waals surface area (Å²) in [7, 11) is 5.75. The zero-order valence-electron chi connectivity index (χ0n) is 9.60.